The summed E-state index contributed by atoms with van der Waals surface area (Å²) < 4.78 is 12.4. The Kier molecular flexibility index (Phi) is 5.33. The molecule has 0 radical (unpaired) electrons. The van der Waals surface area contributed by atoms with E-state index in [-0.39, 0.29) is 24.4 Å². The van der Waals surface area contributed by atoms with Crippen molar-refractivity contribution < 1.29 is 14.3 Å². The summed E-state index contributed by atoms with van der Waals surface area (Å²) in [7, 11) is 1.59. The predicted molar refractivity (Wildman–Crippen MR) is 105 cm³/mol. The molecule has 0 atom stereocenters. The van der Waals surface area contributed by atoms with E-state index >= 15 is 0 Å². The topological polar surface area (TPSA) is 136 Å². The molecule has 152 valence electrons. The van der Waals surface area contributed by atoms with Crippen LogP contribution < -0.4 is 20.3 Å². The van der Waals surface area contributed by atoms with Crippen LogP contribution in [-0.4, -0.2) is 56.2 Å². The van der Waals surface area contributed by atoms with Crippen LogP contribution in [0.25, 0.3) is 17.0 Å². The number of nitrogens with zero attached hydrogens (tertiary/aromatic N) is 5. The van der Waals surface area contributed by atoms with Crippen molar-refractivity contribution in [1.29, 1.82) is 0 Å². The Balaban J connectivity index is 1.41. The molecule has 30 heavy (non-hydrogen) atoms. The number of amides is 1. The number of aromatic amines is 1. The van der Waals surface area contributed by atoms with Crippen LogP contribution in [0.1, 0.15) is 10.5 Å². The number of H-pyrrole nitrogens is 1. The molecule has 0 aliphatic carbocycles. The van der Waals surface area contributed by atoms with E-state index in [1.54, 1.807) is 23.8 Å². The lowest BCUT2D eigenvalue weighted by molar-refractivity contribution is 0.0940. The molecule has 1 aromatic carbocycles. The first kappa shape index (κ1) is 19.1. The van der Waals surface area contributed by atoms with Gasteiger partial charge in [-0.25, -0.2) is 5.10 Å². The number of hydrogen-bond donors (Lipinski definition) is 2. The molecule has 0 aliphatic heterocycles. The fraction of sp³-hybridized carbons (Fsp3) is 0.158. The summed E-state index contributed by atoms with van der Waals surface area (Å²) in [5.41, 5.74) is 1.10. The van der Waals surface area contributed by atoms with Crippen molar-refractivity contribution in [1.82, 2.24) is 35.3 Å². The van der Waals surface area contributed by atoms with Crippen molar-refractivity contribution in [2.45, 2.75) is 0 Å². The van der Waals surface area contributed by atoms with Gasteiger partial charge in [0.2, 0.25) is 5.88 Å². The zero-order valence-corrected chi connectivity index (χ0v) is 15.9. The zero-order valence-electron chi connectivity index (χ0n) is 15.9. The molecule has 3 heterocycles. The van der Waals surface area contributed by atoms with Crippen molar-refractivity contribution in [3.8, 4) is 23.0 Å². The van der Waals surface area contributed by atoms with Crippen LogP contribution in [0.3, 0.4) is 0 Å². The highest BCUT2D eigenvalue weighted by molar-refractivity contribution is 5.91. The summed E-state index contributed by atoms with van der Waals surface area (Å²) in [5.74, 6) is 1.18. The number of nitrogens with one attached hydrogen (secondary N) is 2. The summed E-state index contributed by atoms with van der Waals surface area (Å²) in [4.78, 5) is 23.0. The second kappa shape index (κ2) is 8.39. The van der Waals surface area contributed by atoms with Gasteiger partial charge in [-0.05, 0) is 24.3 Å². The number of methoxy groups -OCH3 is 1. The average molecular weight is 407 g/mol. The van der Waals surface area contributed by atoms with Gasteiger partial charge >= 0.3 is 0 Å². The molecule has 3 aromatic heterocycles. The highest BCUT2D eigenvalue weighted by Crippen LogP contribution is 2.23. The molecule has 4 aromatic rings. The largest absolute Gasteiger partial charge is 0.497 e. The van der Waals surface area contributed by atoms with Gasteiger partial charge in [-0.2, -0.15) is 9.61 Å². The number of carbonyl (C=O) groups excluding carboxylic acids is 1. The second-order valence-corrected chi connectivity index (χ2v) is 6.11. The average Bonchev–Trinajstić information content (AvgIpc) is 3.20. The van der Waals surface area contributed by atoms with Gasteiger partial charge in [-0.15, -0.1) is 15.3 Å². The maximum atomic E-state index is 12.0. The van der Waals surface area contributed by atoms with Crippen molar-refractivity contribution >= 4 is 11.6 Å². The van der Waals surface area contributed by atoms with Gasteiger partial charge in [0, 0.05) is 17.7 Å². The monoisotopic (exact) mass is 407 g/mol. The molecule has 4 rings (SSSR count). The number of carbonyl (C=O) groups is 1. The SMILES string of the molecule is COc1cccc(-c2nnc3ccc(OCCNC(=O)c4ccc(=O)[nH]n4)nn23)c1. The summed E-state index contributed by atoms with van der Waals surface area (Å²) in [5, 5.41) is 21.2. The molecule has 0 unspecified atom stereocenters. The molecule has 1 amide bonds. The normalized spacial score (nSPS) is 10.7. The van der Waals surface area contributed by atoms with E-state index in [2.05, 4.69) is 30.8 Å². The van der Waals surface area contributed by atoms with Gasteiger partial charge < -0.3 is 14.8 Å². The third-order valence-electron chi connectivity index (χ3n) is 4.12. The number of hydrogen-bond acceptors (Lipinski definition) is 8. The summed E-state index contributed by atoms with van der Waals surface area (Å²) in [6, 6.07) is 13.4. The van der Waals surface area contributed by atoms with Crippen LogP contribution in [0.5, 0.6) is 11.6 Å². The van der Waals surface area contributed by atoms with Gasteiger partial charge in [0.05, 0.1) is 13.7 Å². The lowest BCUT2D eigenvalue weighted by Crippen LogP contribution is -2.29. The Morgan fingerprint density at radius 2 is 2.07 bits per heavy atom. The van der Waals surface area contributed by atoms with Crippen LogP contribution in [0, 0.1) is 0 Å². The molecule has 0 saturated carbocycles. The first-order valence-corrected chi connectivity index (χ1v) is 8.97. The molecule has 2 N–H and O–H groups in total. The van der Waals surface area contributed by atoms with E-state index < -0.39 is 5.91 Å². The Labute approximate surface area is 169 Å². The van der Waals surface area contributed by atoms with Crippen molar-refractivity contribution in [2.75, 3.05) is 20.3 Å². The van der Waals surface area contributed by atoms with E-state index in [0.717, 1.165) is 5.56 Å². The van der Waals surface area contributed by atoms with Gasteiger partial charge in [-0.3, -0.25) is 9.59 Å². The third kappa shape index (κ3) is 4.09. The number of fused-ring (bicyclic) bond motifs is 1. The van der Waals surface area contributed by atoms with Crippen molar-refractivity contribution in [2.24, 2.45) is 0 Å². The summed E-state index contributed by atoms with van der Waals surface area (Å²) in [6.07, 6.45) is 0. The molecular formula is C19H17N7O4. The molecular weight excluding hydrogens is 390 g/mol. The minimum Gasteiger partial charge on any atom is -0.497 e. The summed E-state index contributed by atoms with van der Waals surface area (Å²) in [6.45, 7) is 0.411. The minimum absolute atomic E-state index is 0.113. The van der Waals surface area contributed by atoms with Gasteiger partial charge in [0.25, 0.3) is 11.5 Å². The van der Waals surface area contributed by atoms with Gasteiger partial charge in [-0.1, -0.05) is 12.1 Å². The molecule has 0 aliphatic rings. The van der Waals surface area contributed by atoms with Gasteiger partial charge in [0.1, 0.15) is 18.1 Å². The molecule has 11 heteroatoms. The first-order chi connectivity index (χ1) is 14.6. The van der Waals surface area contributed by atoms with E-state index in [1.165, 1.54) is 12.1 Å². The van der Waals surface area contributed by atoms with Crippen LogP contribution in [0.15, 0.2) is 53.3 Å². The Hall–Kier alpha value is -4.28. The molecule has 0 fully saturated rings. The third-order valence-corrected chi connectivity index (χ3v) is 4.12. The standard InChI is InChI=1S/C19H17N7O4/c1-29-13-4-2-3-12(11-13)18-24-22-15-6-8-17(25-26(15)18)30-10-9-20-19(28)14-5-7-16(27)23-21-14/h2-8,11H,9-10H2,1H3,(H,20,28)(H,23,27). The number of aromatic nitrogens is 6. The Morgan fingerprint density at radius 1 is 1.17 bits per heavy atom. The lowest BCUT2D eigenvalue weighted by atomic mass is 10.2. The molecule has 0 bridgehead atoms. The number of rotatable bonds is 7. The summed E-state index contributed by atoms with van der Waals surface area (Å²) >= 11 is 0. The van der Waals surface area contributed by atoms with E-state index in [4.69, 9.17) is 9.47 Å². The maximum absolute atomic E-state index is 12.0. The van der Waals surface area contributed by atoms with Gasteiger partial charge in [0.15, 0.2) is 11.5 Å². The van der Waals surface area contributed by atoms with Crippen LogP contribution in [-0.2, 0) is 0 Å². The quantitative estimate of drug-likeness (QED) is 0.427. The Morgan fingerprint density at radius 3 is 2.87 bits per heavy atom. The van der Waals surface area contributed by atoms with Crippen molar-refractivity contribution in [3.63, 3.8) is 0 Å². The maximum Gasteiger partial charge on any atom is 0.271 e. The molecule has 11 nitrogen and oxygen atoms in total. The molecule has 0 spiro atoms. The Bertz CT molecular complexity index is 1230. The van der Waals surface area contributed by atoms with E-state index in [0.29, 0.717) is 23.1 Å². The number of ether oxygens (including phenoxy) is 2. The fourth-order valence-corrected chi connectivity index (χ4v) is 2.67. The first-order valence-electron chi connectivity index (χ1n) is 8.97. The predicted octanol–water partition coefficient (Wildman–Crippen LogP) is 0.692. The van der Waals surface area contributed by atoms with E-state index in [1.807, 2.05) is 24.3 Å². The lowest BCUT2D eigenvalue weighted by Gasteiger charge is -2.07. The highest BCUT2D eigenvalue weighted by atomic mass is 16.5. The minimum atomic E-state index is -0.419. The molecule has 0 saturated heterocycles. The number of benzene rings is 1. The van der Waals surface area contributed by atoms with Crippen LogP contribution in [0.2, 0.25) is 0 Å². The fourth-order valence-electron chi connectivity index (χ4n) is 2.67. The zero-order chi connectivity index (χ0) is 20.9. The second-order valence-electron chi connectivity index (χ2n) is 6.11. The van der Waals surface area contributed by atoms with Crippen molar-refractivity contribution in [3.05, 3.63) is 64.6 Å². The van der Waals surface area contributed by atoms with Crippen LogP contribution >= 0.6 is 0 Å². The smallest absolute Gasteiger partial charge is 0.271 e. The van der Waals surface area contributed by atoms with Crippen LogP contribution in [0.4, 0.5) is 0 Å². The van der Waals surface area contributed by atoms with E-state index in [9.17, 15) is 9.59 Å². The highest BCUT2D eigenvalue weighted by Gasteiger charge is 2.12.